The van der Waals surface area contributed by atoms with E-state index in [1.54, 1.807) is 19.2 Å². The first-order chi connectivity index (χ1) is 10.4. The monoisotopic (exact) mass is 419 g/mol. The molecule has 0 fully saturated rings. The Morgan fingerprint density at radius 1 is 0.909 bits per heavy atom. The highest BCUT2D eigenvalue weighted by Gasteiger charge is 2.65. The topological polar surface area (TPSA) is 34.0 Å². The SMILES string of the molecule is COc1ccc([I+]c2ccc(C3(C(F)(F)F)N=N3)cc2)cc1. The smallest absolute Gasteiger partial charge is 0.442 e. The summed E-state index contributed by atoms with van der Waals surface area (Å²) in [5.41, 5.74) is -2.26. The number of ether oxygens (including phenoxy) is 1. The summed E-state index contributed by atoms with van der Waals surface area (Å²) in [6.07, 6.45) is -4.47. The van der Waals surface area contributed by atoms with Crippen LogP contribution in [-0.2, 0) is 5.66 Å². The van der Waals surface area contributed by atoms with Crippen LogP contribution in [0.25, 0.3) is 0 Å². The standard InChI is InChI=1S/C15H11F3IN2O/c1-22-13-8-6-12(7-9-13)19-11-4-2-10(3-5-11)14(20-21-14)15(16,17)18/h2-9H,1H3/q+1. The van der Waals surface area contributed by atoms with Crippen LogP contribution in [0.3, 0.4) is 0 Å². The lowest BCUT2D eigenvalue weighted by atomic mass is 10.0. The Morgan fingerprint density at radius 3 is 1.82 bits per heavy atom. The lowest BCUT2D eigenvalue weighted by Crippen LogP contribution is -3.61. The molecule has 0 aliphatic carbocycles. The molecule has 0 saturated carbocycles. The molecule has 0 unspecified atom stereocenters. The molecule has 0 bridgehead atoms. The van der Waals surface area contributed by atoms with Gasteiger partial charge in [0.2, 0.25) is 0 Å². The van der Waals surface area contributed by atoms with E-state index in [4.69, 9.17) is 4.74 Å². The Balaban J connectivity index is 1.74. The van der Waals surface area contributed by atoms with Crippen LogP contribution in [0, 0.1) is 7.14 Å². The molecule has 0 aromatic heterocycles. The van der Waals surface area contributed by atoms with Crippen LogP contribution >= 0.6 is 0 Å². The maximum Gasteiger partial charge on any atom is 0.442 e. The average molecular weight is 419 g/mol. The highest BCUT2D eigenvalue weighted by Crippen LogP contribution is 2.52. The third-order valence-corrected chi connectivity index (χ3v) is 5.89. The molecule has 2 aromatic rings. The van der Waals surface area contributed by atoms with E-state index in [9.17, 15) is 13.2 Å². The number of benzene rings is 2. The number of halogens is 4. The van der Waals surface area contributed by atoms with Gasteiger partial charge in [0.1, 0.15) is 5.75 Å². The van der Waals surface area contributed by atoms with E-state index in [0.717, 1.165) is 9.32 Å². The van der Waals surface area contributed by atoms with E-state index in [1.165, 1.54) is 15.7 Å². The molecule has 1 heterocycles. The fraction of sp³-hybridized carbons (Fsp3) is 0.200. The molecular formula is C15H11F3IN2O+. The number of rotatable bonds is 4. The van der Waals surface area contributed by atoms with E-state index < -0.39 is 33.0 Å². The van der Waals surface area contributed by atoms with Crippen LogP contribution in [0.5, 0.6) is 5.75 Å². The molecule has 0 amide bonds. The van der Waals surface area contributed by atoms with Crippen LogP contribution in [0.2, 0.25) is 0 Å². The number of hydrogen-bond donors (Lipinski definition) is 0. The highest BCUT2D eigenvalue weighted by atomic mass is 127. The fourth-order valence-electron chi connectivity index (χ4n) is 1.95. The van der Waals surface area contributed by atoms with Crippen molar-refractivity contribution in [1.29, 1.82) is 0 Å². The van der Waals surface area contributed by atoms with Crippen LogP contribution in [0.4, 0.5) is 13.2 Å². The van der Waals surface area contributed by atoms with Gasteiger partial charge in [0.25, 0.3) is 0 Å². The zero-order valence-corrected chi connectivity index (χ0v) is 13.6. The van der Waals surface area contributed by atoms with E-state index in [0.29, 0.717) is 0 Å². The average Bonchev–Trinajstić information content (AvgIpc) is 3.30. The normalized spacial score (nSPS) is 15.6. The largest absolute Gasteiger partial charge is 0.497 e. The van der Waals surface area contributed by atoms with Gasteiger partial charge in [0, 0.05) is 5.56 Å². The predicted molar refractivity (Wildman–Crippen MR) is 69.4 cm³/mol. The third-order valence-electron chi connectivity index (χ3n) is 3.21. The number of methoxy groups -OCH3 is 1. The van der Waals surface area contributed by atoms with E-state index in [2.05, 4.69) is 10.2 Å². The fourth-order valence-corrected chi connectivity index (χ4v) is 4.10. The number of hydrogen-bond acceptors (Lipinski definition) is 3. The quantitative estimate of drug-likeness (QED) is 0.682. The maximum absolute atomic E-state index is 12.9. The summed E-state index contributed by atoms with van der Waals surface area (Å²) in [5, 5.41) is 6.41. The molecule has 2 aromatic carbocycles. The van der Waals surface area contributed by atoms with Crippen LogP contribution in [0.1, 0.15) is 5.56 Å². The molecular weight excluding hydrogens is 408 g/mol. The molecule has 3 rings (SSSR count). The molecule has 22 heavy (non-hydrogen) atoms. The minimum absolute atomic E-state index is 0.0717. The number of alkyl halides is 3. The summed E-state index contributed by atoms with van der Waals surface area (Å²) < 4.78 is 46.0. The van der Waals surface area contributed by atoms with Gasteiger partial charge in [-0.05, 0) is 48.5 Å². The second-order valence-corrected chi connectivity index (χ2v) is 7.66. The van der Waals surface area contributed by atoms with Crippen molar-refractivity contribution in [2.75, 3.05) is 7.11 Å². The van der Waals surface area contributed by atoms with Crippen molar-refractivity contribution < 1.29 is 39.1 Å². The van der Waals surface area contributed by atoms with Gasteiger partial charge in [0.05, 0.1) is 7.11 Å². The summed E-state index contributed by atoms with van der Waals surface area (Å²) in [7, 11) is 1.60. The van der Waals surface area contributed by atoms with Crippen molar-refractivity contribution >= 4 is 0 Å². The van der Waals surface area contributed by atoms with Gasteiger partial charge in [-0.2, -0.15) is 13.2 Å². The van der Waals surface area contributed by atoms with Gasteiger partial charge in [-0.3, -0.25) is 0 Å². The molecule has 0 saturated heterocycles. The Kier molecular flexibility index (Phi) is 3.84. The third kappa shape index (κ3) is 2.81. The number of nitrogens with zero attached hydrogens (tertiary/aromatic N) is 2. The second kappa shape index (κ2) is 5.53. The van der Waals surface area contributed by atoms with Crippen molar-refractivity contribution in [1.82, 2.24) is 0 Å². The molecule has 1 aliphatic rings. The van der Waals surface area contributed by atoms with Gasteiger partial charge >= 0.3 is 33.0 Å². The molecule has 0 spiro atoms. The zero-order chi connectivity index (χ0) is 15.8. The summed E-state index contributed by atoms with van der Waals surface area (Å²) in [6.45, 7) is 0. The van der Waals surface area contributed by atoms with Crippen molar-refractivity contribution in [3.8, 4) is 5.75 Å². The highest BCUT2D eigenvalue weighted by molar-refractivity contribution is 5.29. The first-order valence-corrected chi connectivity index (χ1v) is 8.50. The van der Waals surface area contributed by atoms with Crippen molar-refractivity contribution in [2.45, 2.75) is 11.8 Å². The van der Waals surface area contributed by atoms with Gasteiger partial charge in [-0.1, -0.05) is 0 Å². The molecule has 3 nitrogen and oxygen atoms in total. The summed E-state index contributed by atoms with van der Waals surface area (Å²) in [6, 6.07) is 14.1. The van der Waals surface area contributed by atoms with Crippen molar-refractivity contribution in [3.05, 3.63) is 61.2 Å². The summed E-state index contributed by atoms with van der Waals surface area (Å²) in [4.78, 5) is 0. The summed E-state index contributed by atoms with van der Waals surface area (Å²) in [5.74, 6) is 0.784. The van der Waals surface area contributed by atoms with Gasteiger partial charge < -0.3 is 4.74 Å². The van der Waals surface area contributed by atoms with E-state index in [-0.39, 0.29) is 5.56 Å². The van der Waals surface area contributed by atoms with Crippen LogP contribution < -0.4 is 25.9 Å². The van der Waals surface area contributed by atoms with Gasteiger partial charge in [-0.15, -0.1) is 10.2 Å². The van der Waals surface area contributed by atoms with E-state index >= 15 is 0 Å². The Hall–Kier alpha value is -1.64. The summed E-state index contributed by atoms with van der Waals surface area (Å²) >= 11 is -0.445. The Morgan fingerprint density at radius 2 is 1.41 bits per heavy atom. The minimum atomic E-state index is -4.47. The van der Waals surface area contributed by atoms with Gasteiger partial charge in [-0.25, -0.2) is 0 Å². The first-order valence-electron chi connectivity index (χ1n) is 6.35. The van der Waals surface area contributed by atoms with Crippen LogP contribution in [-0.4, -0.2) is 13.3 Å². The van der Waals surface area contributed by atoms with Crippen molar-refractivity contribution in [3.63, 3.8) is 0 Å². The second-order valence-electron chi connectivity index (χ2n) is 4.63. The predicted octanol–water partition coefficient (Wildman–Crippen LogP) is 1.00. The molecule has 114 valence electrons. The van der Waals surface area contributed by atoms with E-state index in [1.807, 2.05) is 24.3 Å². The van der Waals surface area contributed by atoms with Crippen molar-refractivity contribution in [2.24, 2.45) is 10.2 Å². The molecule has 0 radical (unpaired) electrons. The molecule has 0 N–H and O–H groups in total. The Bertz CT molecular complexity index is 690. The minimum Gasteiger partial charge on any atom is -0.497 e. The van der Waals surface area contributed by atoms with Gasteiger partial charge in [0.15, 0.2) is 7.14 Å². The lowest BCUT2D eigenvalue weighted by molar-refractivity contribution is -0.597. The molecule has 7 heteroatoms. The molecule has 1 aliphatic heterocycles. The molecule has 0 atom stereocenters. The first kappa shape index (κ1) is 15.3. The maximum atomic E-state index is 12.9. The lowest BCUT2D eigenvalue weighted by Gasteiger charge is -2.13. The Labute approximate surface area is 135 Å². The van der Waals surface area contributed by atoms with Crippen LogP contribution in [0.15, 0.2) is 58.8 Å². The zero-order valence-electron chi connectivity index (χ0n) is 11.4.